The average Bonchev–Trinajstić information content (AvgIpc) is 3.23. The molecule has 0 aliphatic carbocycles. The molecule has 61 heavy (non-hydrogen) atoms. The standard InChI is InChI=1S/C34H58O27/c1-7-13(38)17(42)22(47)30(54-7)53-6-12-16(41)19(44)28(34(57-12)60-27-18(43)15(40)11(3-35)56-29(27)50)61-33-23(48)20(45)25(8(2)55-33)58-32-24(49)26(10(37)5-52-32)59-31-21(46)14(39)9(36)4-51-31/h7-50H,3-6H2,1-2H3/t7-,8-,9+,10+,11+,12+,13-,14-,15+,16+,17+,18-,19-,20-,21+,22+,23+,24+,25-,26-,27+,28+,29+,30+,31-,32-,33-,34-/m0/s1. The minimum atomic E-state index is -2.08. The Kier molecular flexibility index (Phi) is 16.7. The summed E-state index contributed by atoms with van der Waals surface area (Å²) in [5.74, 6) is 0. The Morgan fingerprint density at radius 2 is 0.902 bits per heavy atom. The maximum Gasteiger partial charge on any atom is 0.187 e. The van der Waals surface area contributed by atoms with Crippen molar-refractivity contribution < 1.29 is 134 Å². The molecule has 0 bridgehead atoms. The van der Waals surface area contributed by atoms with Crippen LogP contribution >= 0.6 is 0 Å². The van der Waals surface area contributed by atoms with Gasteiger partial charge in [0.05, 0.1) is 38.6 Å². The summed E-state index contributed by atoms with van der Waals surface area (Å²) >= 11 is 0. The summed E-state index contributed by atoms with van der Waals surface area (Å²) in [6.07, 6.45) is -48.1. The van der Waals surface area contributed by atoms with Crippen LogP contribution in [-0.4, -0.2) is 280 Å². The van der Waals surface area contributed by atoms with Gasteiger partial charge in [-0.05, 0) is 13.8 Å². The molecule has 27 heteroatoms. The van der Waals surface area contributed by atoms with Crippen LogP contribution in [0, 0.1) is 0 Å². The summed E-state index contributed by atoms with van der Waals surface area (Å²) in [5.41, 5.74) is 0. The van der Waals surface area contributed by atoms with Crippen LogP contribution in [-0.2, 0) is 52.1 Å². The van der Waals surface area contributed by atoms with E-state index in [4.69, 9.17) is 52.1 Å². The molecular weight excluding hydrogens is 840 g/mol. The van der Waals surface area contributed by atoms with E-state index in [-0.39, 0.29) is 0 Å². The first-order valence-electron chi connectivity index (χ1n) is 19.7. The van der Waals surface area contributed by atoms with Gasteiger partial charge in [-0.2, -0.15) is 0 Å². The van der Waals surface area contributed by atoms with Crippen molar-refractivity contribution in [3.8, 4) is 0 Å². The lowest BCUT2D eigenvalue weighted by atomic mass is 9.96. The van der Waals surface area contributed by atoms with Gasteiger partial charge in [-0.15, -0.1) is 0 Å². The van der Waals surface area contributed by atoms with Crippen molar-refractivity contribution in [2.24, 2.45) is 0 Å². The van der Waals surface area contributed by atoms with Gasteiger partial charge in [0.2, 0.25) is 0 Å². The predicted octanol–water partition coefficient (Wildman–Crippen LogP) is -10.8. The Morgan fingerprint density at radius 1 is 0.393 bits per heavy atom. The third-order valence-corrected chi connectivity index (χ3v) is 11.5. The minimum absolute atomic E-state index is 0.446. The van der Waals surface area contributed by atoms with E-state index < -0.39 is 198 Å². The second kappa shape index (κ2) is 20.6. The summed E-state index contributed by atoms with van der Waals surface area (Å²) < 4.78 is 61.1. The molecule has 0 saturated carbocycles. The summed E-state index contributed by atoms with van der Waals surface area (Å²) in [5, 5.41) is 169. The lowest BCUT2D eigenvalue weighted by molar-refractivity contribution is -0.398. The number of hydrogen-bond donors (Lipinski definition) is 16. The molecule has 0 unspecified atom stereocenters. The molecule has 0 aromatic carbocycles. The summed E-state index contributed by atoms with van der Waals surface area (Å²) in [6, 6.07) is 0. The lowest BCUT2D eigenvalue weighted by Gasteiger charge is -2.49. The minimum Gasteiger partial charge on any atom is -0.394 e. The molecule has 27 nitrogen and oxygen atoms in total. The first-order chi connectivity index (χ1) is 28.7. The quantitative estimate of drug-likeness (QED) is 0.0865. The van der Waals surface area contributed by atoms with Gasteiger partial charge in [0.1, 0.15) is 122 Å². The largest absolute Gasteiger partial charge is 0.394 e. The predicted molar refractivity (Wildman–Crippen MR) is 184 cm³/mol. The molecule has 356 valence electrons. The highest BCUT2D eigenvalue weighted by Crippen LogP contribution is 2.35. The smallest absolute Gasteiger partial charge is 0.187 e. The van der Waals surface area contributed by atoms with Crippen LogP contribution in [0.4, 0.5) is 0 Å². The van der Waals surface area contributed by atoms with Gasteiger partial charge in [0.25, 0.3) is 0 Å². The Balaban J connectivity index is 1.14. The average molecular weight is 899 g/mol. The number of aliphatic hydroxyl groups excluding tert-OH is 16. The van der Waals surface area contributed by atoms with E-state index in [9.17, 15) is 81.7 Å². The van der Waals surface area contributed by atoms with E-state index in [2.05, 4.69) is 0 Å². The molecule has 28 atom stereocenters. The second-order valence-electron chi connectivity index (χ2n) is 15.9. The maximum absolute atomic E-state index is 11.4. The molecule has 6 aliphatic rings. The zero-order chi connectivity index (χ0) is 44.8. The first kappa shape index (κ1) is 49.4. The molecule has 0 aromatic heterocycles. The van der Waals surface area contributed by atoms with E-state index >= 15 is 0 Å². The Labute approximate surface area is 346 Å². The lowest BCUT2D eigenvalue weighted by Crippen LogP contribution is -2.67. The molecule has 0 amide bonds. The zero-order valence-corrected chi connectivity index (χ0v) is 32.6. The van der Waals surface area contributed by atoms with E-state index in [1.807, 2.05) is 0 Å². The van der Waals surface area contributed by atoms with Crippen LogP contribution in [0.1, 0.15) is 13.8 Å². The van der Waals surface area contributed by atoms with Crippen molar-refractivity contribution in [2.45, 2.75) is 186 Å². The number of aliphatic hydroxyl groups is 16. The highest BCUT2D eigenvalue weighted by atomic mass is 16.8. The highest BCUT2D eigenvalue weighted by Gasteiger charge is 2.56. The molecule has 16 N–H and O–H groups in total. The second-order valence-corrected chi connectivity index (χ2v) is 15.9. The highest BCUT2D eigenvalue weighted by molar-refractivity contribution is 4.97. The van der Waals surface area contributed by atoms with Gasteiger partial charge in [-0.1, -0.05) is 0 Å². The van der Waals surface area contributed by atoms with Gasteiger partial charge in [0, 0.05) is 0 Å². The van der Waals surface area contributed by atoms with Crippen LogP contribution in [0.5, 0.6) is 0 Å². The molecule has 6 heterocycles. The molecule has 6 rings (SSSR count). The Bertz CT molecular complexity index is 1370. The normalized spacial score (nSPS) is 55.0. The van der Waals surface area contributed by atoms with Crippen molar-refractivity contribution in [1.82, 2.24) is 0 Å². The third-order valence-electron chi connectivity index (χ3n) is 11.5. The van der Waals surface area contributed by atoms with E-state index in [1.54, 1.807) is 0 Å². The topological polar surface area (TPSA) is 425 Å². The summed E-state index contributed by atoms with van der Waals surface area (Å²) in [4.78, 5) is 0. The van der Waals surface area contributed by atoms with Crippen molar-refractivity contribution in [3.05, 3.63) is 0 Å². The third kappa shape index (κ3) is 10.3. The number of ether oxygens (including phenoxy) is 11. The molecule has 0 aromatic rings. The van der Waals surface area contributed by atoms with Crippen LogP contribution in [0.3, 0.4) is 0 Å². The maximum atomic E-state index is 11.4. The summed E-state index contributed by atoms with van der Waals surface area (Å²) in [7, 11) is 0. The van der Waals surface area contributed by atoms with Gasteiger partial charge >= 0.3 is 0 Å². The van der Waals surface area contributed by atoms with Crippen LogP contribution < -0.4 is 0 Å². The fourth-order valence-corrected chi connectivity index (χ4v) is 7.74. The zero-order valence-electron chi connectivity index (χ0n) is 32.6. The van der Waals surface area contributed by atoms with Crippen LogP contribution in [0.25, 0.3) is 0 Å². The van der Waals surface area contributed by atoms with Crippen molar-refractivity contribution >= 4 is 0 Å². The number of rotatable bonds is 12. The van der Waals surface area contributed by atoms with Crippen molar-refractivity contribution in [3.63, 3.8) is 0 Å². The van der Waals surface area contributed by atoms with Gasteiger partial charge < -0.3 is 134 Å². The van der Waals surface area contributed by atoms with Gasteiger partial charge in [-0.3, -0.25) is 0 Å². The molecule has 0 spiro atoms. The fraction of sp³-hybridized carbons (Fsp3) is 1.00. The van der Waals surface area contributed by atoms with Gasteiger partial charge in [-0.25, -0.2) is 0 Å². The van der Waals surface area contributed by atoms with Crippen molar-refractivity contribution in [1.29, 1.82) is 0 Å². The van der Waals surface area contributed by atoms with E-state index in [1.165, 1.54) is 13.8 Å². The first-order valence-corrected chi connectivity index (χ1v) is 19.7. The Hall–Kier alpha value is -1.08. The Morgan fingerprint density at radius 3 is 1.57 bits per heavy atom. The van der Waals surface area contributed by atoms with E-state index in [0.717, 1.165) is 0 Å². The summed E-state index contributed by atoms with van der Waals surface area (Å²) in [6.45, 7) is 0.221. The SMILES string of the molecule is C[C@@H]1O[C@@H](OC[C@H]2O[C@@H](O[C@@H]3[C@@H](O)[C@H](O)[C@@H](CO)O[C@H]3O)[C@H](O[C@@H]3O[C@@H](C)[C@H](O[C@@H]4OC[C@@H](O)[C@H](O[C@@H]5OC[C@@H](O)[C@H](O)[C@H]5O)[C@H]4O)[C@@H](O)[C@H]3O)[C@@H](O)[C@@H]2O)[C@H](O)[C@H](O)[C@H]1O. The molecule has 6 fully saturated rings. The van der Waals surface area contributed by atoms with Crippen molar-refractivity contribution in [2.75, 3.05) is 26.4 Å². The van der Waals surface area contributed by atoms with E-state index in [0.29, 0.717) is 0 Å². The monoisotopic (exact) mass is 898 g/mol. The van der Waals surface area contributed by atoms with Crippen LogP contribution in [0.15, 0.2) is 0 Å². The molecule has 6 aliphatic heterocycles. The molecule has 6 saturated heterocycles. The van der Waals surface area contributed by atoms with Gasteiger partial charge in [0.15, 0.2) is 37.7 Å². The fourth-order valence-electron chi connectivity index (χ4n) is 7.74. The van der Waals surface area contributed by atoms with Crippen LogP contribution in [0.2, 0.25) is 0 Å². The molecular formula is C34H58O27. The molecule has 0 radical (unpaired) electrons. The number of hydrogen-bond acceptors (Lipinski definition) is 27.